The first-order valence-electron chi connectivity index (χ1n) is 6.40. The molecule has 0 fully saturated rings. The van der Waals surface area contributed by atoms with Gasteiger partial charge in [0.1, 0.15) is 0 Å². The molecule has 0 aromatic heterocycles. The fraction of sp³-hybridized carbons (Fsp3) is 0.917. The highest BCUT2D eigenvalue weighted by Crippen LogP contribution is 2.47. The summed E-state index contributed by atoms with van der Waals surface area (Å²) in [5.74, 6) is -14.8. The monoisotopic (exact) mass is 325 g/mol. The Morgan fingerprint density at radius 3 is 1.48 bits per heavy atom. The van der Waals surface area contributed by atoms with E-state index >= 15 is 0 Å². The Hall–Kier alpha value is -1.02. The normalized spacial score (nSPS) is 16.5. The van der Waals surface area contributed by atoms with Crippen molar-refractivity contribution in [2.45, 2.75) is 70.6 Å². The lowest BCUT2D eigenvalue weighted by Crippen LogP contribution is -2.62. The number of amides is 1. The second-order valence-corrected chi connectivity index (χ2v) is 4.87. The smallest absolute Gasteiger partial charge is 0.332 e. The molecule has 0 bridgehead atoms. The van der Waals surface area contributed by atoms with Crippen molar-refractivity contribution in [1.82, 2.24) is 4.90 Å². The van der Waals surface area contributed by atoms with E-state index in [0.29, 0.717) is 4.90 Å². The van der Waals surface area contributed by atoms with Gasteiger partial charge in [0.25, 0.3) is 0 Å². The van der Waals surface area contributed by atoms with Gasteiger partial charge in [-0.25, -0.2) is 0 Å². The van der Waals surface area contributed by atoms with Crippen LogP contribution >= 0.6 is 0 Å². The van der Waals surface area contributed by atoms with Gasteiger partial charge < -0.3 is 4.90 Å². The molecular weight excluding hydrogens is 307 g/mol. The average Bonchev–Trinajstić information content (AvgIpc) is 2.36. The van der Waals surface area contributed by atoms with Gasteiger partial charge in [-0.2, -0.15) is 30.7 Å². The first-order chi connectivity index (χ1) is 9.25. The molecule has 0 saturated carbocycles. The molecule has 2 unspecified atom stereocenters. The number of hydrogen-bond donors (Lipinski definition) is 0. The molecule has 0 rings (SSSR count). The summed E-state index contributed by atoms with van der Waals surface area (Å²) < 4.78 is 89.2. The van der Waals surface area contributed by atoms with E-state index in [0.717, 1.165) is 0 Å². The van der Waals surface area contributed by atoms with Crippen molar-refractivity contribution in [1.29, 1.82) is 0 Å². The molecule has 0 aliphatic rings. The minimum absolute atomic E-state index is 0.143. The quantitative estimate of drug-likeness (QED) is 0.669. The maximum Gasteiger partial charge on any atom is 0.460 e. The van der Waals surface area contributed by atoms with E-state index in [1.54, 1.807) is 0 Å². The second-order valence-electron chi connectivity index (χ2n) is 4.87. The van der Waals surface area contributed by atoms with Crippen molar-refractivity contribution >= 4 is 5.91 Å². The Balaban J connectivity index is 5.72. The molecule has 0 radical (unpaired) electrons. The van der Waals surface area contributed by atoms with E-state index in [-0.39, 0.29) is 12.8 Å². The maximum atomic E-state index is 13.5. The number of carbonyl (C=O) groups is 1. The van der Waals surface area contributed by atoms with Crippen LogP contribution in [0, 0.1) is 0 Å². The summed E-state index contributed by atoms with van der Waals surface area (Å²) in [4.78, 5) is 12.1. The van der Waals surface area contributed by atoms with Crippen LogP contribution in [0.2, 0.25) is 0 Å². The molecule has 2 nitrogen and oxygen atoms in total. The maximum absolute atomic E-state index is 13.5. The van der Waals surface area contributed by atoms with E-state index in [1.807, 2.05) is 0 Å². The van der Waals surface area contributed by atoms with Gasteiger partial charge in [0.15, 0.2) is 0 Å². The molecule has 0 heterocycles. The minimum atomic E-state index is -6.51. The molecule has 0 aromatic carbocycles. The molecule has 0 N–H and O–H groups in total. The van der Waals surface area contributed by atoms with Crippen LogP contribution in [0.1, 0.15) is 40.5 Å². The first kappa shape index (κ1) is 20.0. The Morgan fingerprint density at radius 2 is 1.24 bits per heavy atom. The zero-order valence-corrected chi connectivity index (χ0v) is 12.1. The van der Waals surface area contributed by atoms with Gasteiger partial charge in [0.05, 0.1) is 0 Å². The first-order valence-corrected chi connectivity index (χ1v) is 6.40. The third kappa shape index (κ3) is 3.60. The van der Waals surface area contributed by atoms with Crippen LogP contribution in [0.3, 0.4) is 0 Å². The van der Waals surface area contributed by atoms with Gasteiger partial charge >= 0.3 is 23.9 Å². The van der Waals surface area contributed by atoms with Gasteiger partial charge in [0.2, 0.25) is 0 Å². The SMILES string of the molecule is CCC(C)N(C(=O)C(F)(F)C(F)(F)C(F)(F)F)C(C)CC. The van der Waals surface area contributed by atoms with Crippen molar-refractivity contribution in [3.05, 3.63) is 0 Å². The van der Waals surface area contributed by atoms with Crippen LogP contribution in [0.4, 0.5) is 30.7 Å². The summed E-state index contributed by atoms with van der Waals surface area (Å²) >= 11 is 0. The lowest BCUT2D eigenvalue weighted by atomic mass is 10.0. The topological polar surface area (TPSA) is 20.3 Å². The summed E-state index contributed by atoms with van der Waals surface area (Å²) in [7, 11) is 0. The minimum Gasteiger partial charge on any atom is -0.332 e. The van der Waals surface area contributed by atoms with E-state index in [2.05, 4.69) is 0 Å². The van der Waals surface area contributed by atoms with Gasteiger partial charge in [-0.05, 0) is 26.7 Å². The van der Waals surface area contributed by atoms with E-state index in [4.69, 9.17) is 0 Å². The van der Waals surface area contributed by atoms with Crippen LogP contribution in [0.25, 0.3) is 0 Å². The van der Waals surface area contributed by atoms with Crippen molar-refractivity contribution in [2.24, 2.45) is 0 Å². The number of alkyl halides is 7. The van der Waals surface area contributed by atoms with Crippen molar-refractivity contribution in [2.75, 3.05) is 0 Å². The molecule has 0 aliphatic heterocycles. The van der Waals surface area contributed by atoms with Gasteiger partial charge in [-0.1, -0.05) is 13.8 Å². The predicted octanol–water partition coefficient (Wildman–Crippen LogP) is 4.24. The largest absolute Gasteiger partial charge is 0.460 e. The van der Waals surface area contributed by atoms with Crippen LogP contribution in [-0.2, 0) is 4.79 Å². The third-order valence-corrected chi connectivity index (χ3v) is 3.38. The van der Waals surface area contributed by atoms with E-state index < -0.39 is 36.0 Å². The molecule has 2 atom stereocenters. The number of hydrogen-bond acceptors (Lipinski definition) is 1. The highest BCUT2D eigenvalue weighted by molar-refractivity contribution is 5.85. The summed E-state index contributed by atoms with van der Waals surface area (Å²) in [6.45, 7) is 5.64. The van der Waals surface area contributed by atoms with Crippen molar-refractivity contribution in [3.63, 3.8) is 0 Å². The Bertz CT molecular complexity index is 357. The molecular formula is C12H18F7NO. The molecule has 9 heteroatoms. The third-order valence-electron chi connectivity index (χ3n) is 3.38. The molecule has 0 aromatic rings. The summed E-state index contributed by atoms with van der Waals surface area (Å²) in [5, 5.41) is 0. The Kier molecular flexibility index (Phi) is 6.08. The van der Waals surface area contributed by atoms with Crippen molar-refractivity contribution in [3.8, 4) is 0 Å². The molecule has 1 amide bonds. The van der Waals surface area contributed by atoms with E-state index in [1.165, 1.54) is 27.7 Å². The van der Waals surface area contributed by atoms with Crippen molar-refractivity contribution < 1.29 is 35.5 Å². The molecule has 0 spiro atoms. The zero-order valence-electron chi connectivity index (χ0n) is 12.1. The number of halogens is 7. The number of nitrogens with zero attached hydrogens (tertiary/aromatic N) is 1. The van der Waals surface area contributed by atoms with Gasteiger partial charge in [-0.3, -0.25) is 4.79 Å². The summed E-state index contributed by atoms with van der Waals surface area (Å²) in [5.41, 5.74) is 0. The molecule has 21 heavy (non-hydrogen) atoms. The molecule has 0 aliphatic carbocycles. The van der Waals surface area contributed by atoms with Crippen LogP contribution in [-0.4, -0.2) is 40.9 Å². The Morgan fingerprint density at radius 1 is 0.905 bits per heavy atom. The summed E-state index contributed by atoms with van der Waals surface area (Å²) in [6.07, 6.45) is -6.23. The van der Waals surface area contributed by atoms with Crippen LogP contribution in [0.15, 0.2) is 0 Å². The molecule has 126 valence electrons. The second kappa shape index (κ2) is 6.39. The lowest BCUT2D eigenvalue weighted by molar-refractivity contribution is -0.346. The fourth-order valence-electron chi connectivity index (χ4n) is 1.70. The zero-order chi connectivity index (χ0) is 17.2. The van der Waals surface area contributed by atoms with Crippen LogP contribution in [0.5, 0.6) is 0 Å². The standard InChI is InChI=1S/C12H18F7NO/c1-5-7(3)20(8(4)6-2)9(21)10(13,14)11(15,16)12(17,18)19/h7-8H,5-6H2,1-4H3. The average molecular weight is 325 g/mol. The number of carbonyl (C=O) groups excluding carboxylic acids is 1. The number of rotatable bonds is 6. The van der Waals surface area contributed by atoms with E-state index in [9.17, 15) is 35.5 Å². The Labute approximate surface area is 118 Å². The fourth-order valence-corrected chi connectivity index (χ4v) is 1.70. The van der Waals surface area contributed by atoms with Gasteiger partial charge in [-0.15, -0.1) is 0 Å². The molecule has 0 saturated heterocycles. The van der Waals surface area contributed by atoms with Gasteiger partial charge in [0, 0.05) is 12.1 Å². The highest BCUT2D eigenvalue weighted by Gasteiger charge is 2.77. The highest BCUT2D eigenvalue weighted by atomic mass is 19.4. The lowest BCUT2D eigenvalue weighted by Gasteiger charge is -2.38. The van der Waals surface area contributed by atoms with Crippen LogP contribution < -0.4 is 0 Å². The summed E-state index contributed by atoms with van der Waals surface area (Å²) in [6, 6.07) is -1.77. The predicted molar refractivity (Wildman–Crippen MR) is 62.3 cm³/mol.